The highest BCUT2D eigenvalue weighted by atomic mass is 35.5. The van der Waals surface area contributed by atoms with Crippen LogP contribution in [0.25, 0.3) is 6.08 Å². The van der Waals surface area contributed by atoms with Crippen LogP contribution in [0.5, 0.6) is 0 Å². The molecule has 0 aliphatic rings. The van der Waals surface area contributed by atoms with E-state index >= 15 is 0 Å². The zero-order valence-electron chi connectivity index (χ0n) is 9.50. The fraction of sp³-hybridized carbons (Fsp3) is 0.385. The Labute approximate surface area is 103 Å². The highest BCUT2D eigenvalue weighted by Crippen LogP contribution is 2.11. The third-order valence-electron chi connectivity index (χ3n) is 2.40. The minimum atomic E-state index is 0. The van der Waals surface area contributed by atoms with Gasteiger partial charge in [-0.3, -0.25) is 0 Å². The van der Waals surface area contributed by atoms with Crippen molar-refractivity contribution in [2.24, 2.45) is 0 Å². The lowest BCUT2D eigenvalue weighted by molar-refractivity contribution is -0.00000297. The van der Waals surface area contributed by atoms with Crippen molar-refractivity contribution in [1.82, 2.24) is 0 Å². The molecule has 0 N–H and O–H groups in total. The maximum atomic E-state index is 3.76. The molecule has 0 unspecified atom stereocenters. The molecule has 1 rings (SSSR count). The third-order valence-corrected chi connectivity index (χ3v) is 4.78. The van der Waals surface area contributed by atoms with Gasteiger partial charge in [-0.2, -0.15) is 0 Å². The lowest BCUT2D eigenvalue weighted by Gasteiger charge is -2.04. The summed E-state index contributed by atoms with van der Waals surface area (Å²) < 4.78 is 0. The van der Waals surface area contributed by atoms with E-state index in [1.165, 1.54) is 28.4 Å². The van der Waals surface area contributed by atoms with Crippen LogP contribution in [0, 0.1) is 0 Å². The van der Waals surface area contributed by atoms with Crippen molar-refractivity contribution in [1.29, 1.82) is 0 Å². The second-order valence-corrected chi connectivity index (χ2v) is 5.95. The summed E-state index contributed by atoms with van der Waals surface area (Å²) in [6.07, 6.45) is 1.89. The van der Waals surface area contributed by atoms with Crippen molar-refractivity contribution >= 4 is 17.0 Å². The smallest absolute Gasteiger partial charge is 0.133 e. The van der Waals surface area contributed by atoms with E-state index in [4.69, 9.17) is 0 Å². The van der Waals surface area contributed by atoms with Gasteiger partial charge < -0.3 is 12.4 Å². The van der Waals surface area contributed by atoms with E-state index < -0.39 is 0 Å². The summed E-state index contributed by atoms with van der Waals surface area (Å²) in [7, 11) is 0.576. The summed E-state index contributed by atoms with van der Waals surface area (Å²) in [4.78, 5) is 0. The van der Waals surface area contributed by atoms with Crippen LogP contribution in [0.15, 0.2) is 30.8 Å². The molecule has 0 fully saturated rings. The van der Waals surface area contributed by atoms with Gasteiger partial charge in [-0.25, -0.2) is 0 Å². The molecule has 1 aromatic rings. The fourth-order valence-corrected chi connectivity index (χ4v) is 2.87. The molecule has 0 aliphatic heterocycles. The summed E-state index contributed by atoms with van der Waals surface area (Å²) >= 11 is 0. The first-order valence-electron chi connectivity index (χ1n) is 5.15. The van der Waals surface area contributed by atoms with Gasteiger partial charge in [-0.1, -0.05) is 36.9 Å². The van der Waals surface area contributed by atoms with E-state index in [2.05, 4.69) is 44.7 Å². The Morgan fingerprint density at radius 3 is 2.07 bits per heavy atom. The average Bonchev–Trinajstić information content (AvgIpc) is 2.26. The Kier molecular flexibility index (Phi) is 7.63. The average molecular weight is 243 g/mol. The lowest BCUT2D eigenvalue weighted by atomic mass is 10.1. The first-order valence-corrected chi connectivity index (χ1v) is 6.88. The Hall–Kier alpha value is -0.400. The van der Waals surface area contributed by atoms with E-state index in [9.17, 15) is 0 Å². The van der Waals surface area contributed by atoms with Crippen LogP contribution in [0.2, 0.25) is 0 Å². The Bertz CT molecular complexity index is 275. The quantitative estimate of drug-likeness (QED) is 0.660. The molecule has 0 aliphatic carbocycles. The highest BCUT2D eigenvalue weighted by molar-refractivity contribution is 7.96. The summed E-state index contributed by atoms with van der Waals surface area (Å²) in [5, 5.41) is 0. The molecule has 1 aromatic carbocycles. The van der Waals surface area contributed by atoms with Crippen LogP contribution in [0.4, 0.5) is 0 Å². The zero-order valence-corrected chi connectivity index (χ0v) is 11.1. The van der Waals surface area contributed by atoms with E-state index in [1.807, 2.05) is 6.08 Å². The first kappa shape index (κ1) is 14.6. The number of hydrogen-bond donors (Lipinski definition) is 0. The van der Waals surface area contributed by atoms with Crippen molar-refractivity contribution in [2.45, 2.75) is 19.6 Å². The summed E-state index contributed by atoms with van der Waals surface area (Å²) in [5.74, 6) is 3.85. The molecule has 0 saturated heterocycles. The van der Waals surface area contributed by atoms with Gasteiger partial charge in [0, 0.05) is 5.56 Å². The zero-order chi connectivity index (χ0) is 10.4. The molecule has 0 spiro atoms. The number of halogens is 1. The maximum Gasteiger partial charge on any atom is 0.133 e. The van der Waals surface area contributed by atoms with Crippen molar-refractivity contribution in [3.63, 3.8) is 0 Å². The molecule has 0 saturated carbocycles. The molecular weight excluding hydrogens is 224 g/mol. The van der Waals surface area contributed by atoms with Crippen LogP contribution in [-0.4, -0.2) is 11.5 Å². The van der Waals surface area contributed by atoms with Gasteiger partial charge in [0.05, 0.1) is 0 Å². The largest absolute Gasteiger partial charge is 1.00 e. The Morgan fingerprint density at radius 1 is 1.13 bits per heavy atom. The predicted octanol–water partition coefficient (Wildman–Crippen LogP) is 0.492. The van der Waals surface area contributed by atoms with Crippen LogP contribution in [0.3, 0.4) is 0 Å². The number of hydrogen-bond acceptors (Lipinski definition) is 0. The minimum absolute atomic E-state index is 0. The molecule has 0 heterocycles. The molecule has 0 aromatic heterocycles. The van der Waals surface area contributed by atoms with Gasteiger partial charge in [0.25, 0.3) is 0 Å². The predicted molar refractivity (Wildman–Crippen MR) is 68.7 cm³/mol. The molecular formula is C13H19ClS. The lowest BCUT2D eigenvalue weighted by Crippen LogP contribution is -3.00. The summed E-state index contributed by atoms with van der Waals surface area (Å²) in [5.41, 5.74) is 2.67. The molecule has 0 nitrogen and oxygen atoms in total. The van der Waals surface area contributed by atoms with E-state index in [1.54, 1.807) is 0 Å². The highest BCUT2D eigenvalue weighted by Gasteiger charge is 2.12. The normalized spacial score (nSPS) is 9.80. The number of rotatable bonds is 5. The second-order valence-electron chi connectivity index (χ2n) is 3.28. The van der Waals surface area contributed by atoms with Crippen LogP contribution in [-0.2, 0) is 16.6 Å². The van der Waals surface area contributed by atoms with Crippen molar-refractivity contribution in [3.05, 3.63) is 42.0 Å². The standard InChI is InChI=1S/C13H19S.ClH/c1-4-12-7-9-13(10-8-12)11-14(5-2)6-3;/h4,7-10H,1,5-6,11H2,2-3H3;1H/q+1;/p-1. The van der Waals surface area contributed by atoms with Gasteiger partial charge in [0.15, 0.2) is 0 Å². The van der Waals surface area contributed by atoms with E-state index in [0.717, 1.165) is 0 Å². The summed E-state index contributed by atoms with van der Waals surface area (Å²) in [6, 6.07) is 8.75. The van der Waals surface area contributed by atoms with Gasteiger partial charge in [-0.05, 0) is 30.3 Å². The molecule has 15 heavy (non-hydrogen) atoms. The summed E-state index contributed by atoms with van der Waals surface area (Å²) in [6.45, 7) is 8.32. The molecule has 0 amide bonds. The molecule has 2 heteroatoms. The molecule has 0 radical (unpaired) electrons. The van der Waals surface area contributed by atoms with Crippen molar-refractivity contribution in [2.75, 3.05) is 11.5 Å². The van der Waals surface area contributed by atoms with Crippen LogP contribution < -0.4 is 12.4 Å². The van der Waals surface area contributed by atoms with Gasteiger partial charge in [0.1, 0.15) is 17.3 Å². The van der Waals surface area contributed by atoms with Crippen molar-refractivity contribution < 1.29 is 12.4 Å². The fourth-order valence-electron chi connectivity index (χ4n) is 1.39. The van der Waals surface area contributed by atoms with E-state index in [0.29, 0.717) is 10.9 Å². The first-order chi connectivity index (χ1) is 6.80. The van der Waals surface area contributed by atoms with Crippen LogP contribution >= 0.6 is 0 Å². The van der Waals surface area contributed by atoms with Gasteiger partial charge >= 0.3 is 0 Å². The second kappa shape index (κ2) is 7.84. The maximum absolute atomic E-state index is 3.76. The van der Waals surface area contributed by atoms with E-state index in [-0.39, 0.29) is 12.4 Å². The molecule has 0 atom stereocenters. The number of benzene rings is 1. The molecule has 0 bridgehead atoms. The minimum Gasteiger partial charge on any atom is -1.00 e. The van der Waals surface area contributed by atoms with Gasteiger partial charge in [-0.15, -0.1) is 0 Å². The third kappa shape index (κ3) is 4.76. The monoisotopic (exact) mass is 242 g/mol. The molecule has 84 valence electrons. The topological polar surface area (TPSA) is 0 Å². The Balaban J connectivity index is 0.00000196. The SMILES string of the molecule is C=Cc1ccc(C[S+](CC)CC)cc1.[Cl-]. The Morgan fingerprint density at radius 2 is 1.67 bits per heavy atom. The van der Waals surface area contributed by atoms with Gasteiger partial charge in [0.2, 0.25) is 0 Å². The van der Waals surface area contributed by atoms with Crippen LogP contribution in [0.1, 0.15) is 25.0 Å². The van der Waals surface area contributed by atoms with Crippen molar-refractivity contribution in [3.8, 4) is 0 Å².